The smallest absolute Gasteiger partial charge is 0.223 e. The Kier molecular flexibility index (Phi) is 5.42. The first-order valence-corrected chi connectivity index (χ1v) is 9.30. The number of pyridine rings is 2. The van der Waals surface area contributed by atoms with E-state index in [4.69, 9.17) is 9.72 Å². The van der Waals surface area contributed by atoms with Crippen LogP contribution in [0.25, 0.3) is 22.4 Å². The van der Waals surface area contributed by atoms with Gasteiger partial charge in [-0.05, 0) is 24.6 Å². The van der Waals surface area contributed by atoms with Gasteiger partial charge in [-0.25, -0.2) is 15.0 Å². The molecule has 0 saturated heterocycles. The molecule has 0 amide bonds. The SMILES string of the molecule is COc1ccc(-c2cnc(NCc3cccnc3)nc2-c2ccc(C)cc2)cn1. The Morgan fingerprint density at radius 3 is 2.41 bits per heavy atom. The number of nitrogens with zero attached hydrogens (tertiary/aromatic N) is 4. The Hall–Kier alpha value is -3.80. The van der Waals surface area contributed by atoms with Crippen LogP contribution < -0.4 is 10.1 Å². The zero-order valence-electron chi connectivity index (χ0n) is 16.3. The summed E-state index contributed by atoms with van der Waals surface area (Å²) in [4.78, 5) is 17.8. The van der Waals surface area contributed by atoms with Crippen molar-refractivity contribution in [1.82, 2.24) is 19.9 Å². The zero-order chi connectivity index (χ0) is 20.1. The second kappa shape index (κ2) is 8.48. The fraction of sp³-hybridized carbons (Fsp3) is 0.130. The van der Waals surface area contributed by atoms with E-state index in [0.29, 0.717) is 18.4 Å². The minimum absolute atomic E-state index is 0.564. The molecule has 0 fully saturated rings. The lowest BCUT2D eigenvalue weighted by molar-refractivity contribution is 0.398. The average Bonchev–Trinajstić information content (AvgIpc) is 2.79. The highest BCUT2D eigenvalue weighted by Gasteiger charge is 2.12. The zero-order valence-corrected chi connectivity index (χ0v) is 16.3. The highest BCUT2D eigenvalue weighted by Crippen LogP contribution is 2.31. The van der Waals surface area contributed by atoms with E-state index in [2.05, 4.69) is 51.5 Å². The topological polar surface area (TPSA) is 72.8 Å². The lowest BCUT2D eigenvalue weighted by Crippen LogP contribution is -2.05. The molecule has 0 aliphatic heterocycles. The van der Waals surface area contributed by atoms with E-state index in [1.54, 1.807) is 19.5 Å². The van der Waals surface area contributed by atoms with Gasteiger partial charge in [-0.1, -0.05) is 35.9 Å². The highest BCUT2D eigenvalue weighted by molar-refractivity contribution is 5.80. The van der Waals surface area contributed by atoms with Crippen LogP contribution in [0, 0.1) is 6.92 Å². The van der Waals surface area contributed by atoms with Crippen LogP contribution in [0.2, 0.25) is 0 Å². The number of anilines is 1. The normalized spacial score (nSPS) is 10.6. The average molecular weight is 383 g/mol. The number of rotatable bonds is 6. The summed E-state index contributed by atoms with van der Waals surface area (Å²) in [6.45, 7) is 2.67. The second-order valence-corrected chi connectivity index (χ2v) is 6.63. The first kappa shape index (κ1) is 18.6. The Morgan fingerprint density at radius 1 is 0.897 bits per heavy atom. The van der Waals surface area contributed by atoms with Crippen molar-refractivity contribution >= 4 is 5.95 Å². The molecule has 6 heteroatoms. The van der Waals surface area contributed by atoms with Crippen LogP contribution in [0.1, 0.15) is 11.1 Å². The number of methoxy groups -OCH3 is 1. The van der Waals surface area contributed by atoms with Gasteiger partial charge in [-0.2, -0.15) is 0 Å². The van der Waals surface area contributed by atoms with E-state index in [9.17, 15) is 0 Å². The molecule has 1 N–H and O–H groups in total. The molecular weight excluding hydrogens is 362 g/mol. The van der Waals surface area contributed by atoms with Crippen LogP contribution in [0.3, 0.4) is 0 Å². The minimum Gasteiger partial charge on any atom is -0.481 e. The summed E-state index contributed by atoms with van der Waals surface area (Å²) in [5, 5.41) is 3.28. The predicted octanol–water partition coefficient (Wildman–Crippen LogP) is 4.53. The van der Waals surface area contributed by atoms with Crippen molar-refractivity contribution < 1.29 is 4.74 Å². The van der Waals surface area contributed by atoms with Crippen molar-refractivity contribution in [3.05, 3.63) is 84.4 Å². The van der Waals surface area contributed by atoms with Crippen LogP contribution in [-0.4, -0.2) is 27.0 Å². The number of aryl methyl sites for hydroxylation is 1. The Morgan fingerprint density at radius 2 is 1.72 bits per heavy atom. The third-order valence-electron chi connectivity index (χ3n) is 4.54. The lowest BCUT2D eigenvalue weighted by atomic mass is 10.0. The van der Waals surface area contributed by atoms with E-state index in [1.165, 1.54) is 5.56 Å². The maximum atomic E-state index is 5.17. The van der Waals surface area contributed by atoms with Crippen molar-refractivity contribution in [3.8, 4) is 28.3 Å². The fourth-order valence-electron chi connectivity index (χ4n) is 2.95. The van der Waals surface area contributed by atoms with Gasteiger partial charge in [-0.15, -0.1) is 0 Å². The van der Waals surface area contributed by atoms with E-state index in [0.717, 1.165) is 27.9 Å². The van der Waals surface area contributed by atoms with Gasteiger partial charge >= 0.3 is 0 Å². The summed E-state index contributed by atoms with van der Waals surface area (Å²) in [5.41, 5.74) is 5.98. The number of aromatic nitrogens is 4. The standard InChI is InChI=1S/C23H21N5O/c1-16-5-7-18(8-6-16)22-20(19-9-10-21(29-2)25-14-19)15-27-23(28-22)26-13-17-4-3-11-24-12-17/h3-12,14-15H,13H2,1-2H3,(H,26,27,28). The Balaban J connectivity index is 1.70. The molecule has 0 atom stereocenters. The molecule has 0 saturated carbocycles. The van der Waals surface area contributed by atoms with Crippen LogP contribution >= 0.6 is 0 Å². The predicted molar refractivity (Wildman–Crippen MR) is 114 cm³/mol. The van der Waals surface area contributed by atoms with Gasteiger partial charge in [0.05, 0.1) is 12.8 Å². The first-order chi connectivity index (χ1) is 14.2. The maximum Gasteiger partial charge on any atom is 0.223 e. The van der Waals surface area contributed by atoms with Gasteiger partial charge in [0.25, 0.3) is 0 Å². The summed E-state index contributed by atoms with van der Waals surface area (Å²) in [6, 6.07) is 16.0. The largest absolute Gasteiger partial charge is 0.481 e. The first-order valence-electron chi connectivity index (χ1n) is 9.30. The highest BCUT2D eigenvalue weighted by atomic mass is 16.5. The van der Waals surface area contributed by atoms with Crippen molar-refractivity contribution in [1.29, 1.82) is 0 Å². The van der Waals surface area contributed by atoms with Crippen LogP contribution in [0.15, 0.2) is 73.3 Å². The number of hydrogen-bond acceptors (Lipinski definition) is 6. The van der Waals surface area contributed by atoms with Crippen molar-refractivity contribution in [2.75, 3.05) is 12.4 Å². The van der Waals surface area contributed by atoms with E-state index < -0.39 is 0 Å². The molecule has 144 valence electrons. The lowest BCUT2D eigenvalue weighted by Gasteiger charge is -2.12. The maximum absolute atomic E-state index is 5.17. The van der Waals surface area contributed by atoms with Gasteiger partial charge in [0.2, 0.25) is 11.8 Å². The van der Waals surface area contributed by atoms with Gasteiger partial charge in [0.1, 0.15) is 0 Å². The molecule has 0 aliphatic rings. The van der Waals surface area contributed by atoms with Crippen molar-refractivity contribution in [2.45, 2.75) is 13.5 Å². The van der Waals surface area contributed by atoms with Crippen LogP contribution in [0.4, 0.5) is 5.95 Å². The molecule has 0 spiro atoms. The van der Waals surface area contributed by atoms with Gasteiger partial charge < -0.3 is 10.1 Å². The van der Waals surface area contributed by atoms with E-state index >= 15 is 0 Å². The molecule has 4 rings (SSSR count). The second-order valence-electron chi connectivity index (χ2n) is 6.63. The van der Waals surface area contributed by atoms with E-state index in [1.807, 2.05) is 36.7 Å². The van der Waals surface area contributed by atoms with Gasteiger partial charge in [0.15, 0.2) is 0 Å². The molecule has 0 aliphatic carbocycles. The molecule has 0 bridgehead atoms. The molecule has 0 unspecified atom stereocenters. The number of ether oxygens (including phenoxy) is 1. The third-order valence-corrected chi connectivity index (χ3v) is 4.54. The Bertz CT molecular complexity index is 1080. The number of benzene rings is 1. The summed E-state index contributed by atoms with van der Waals surface area (Å²) < 4.78 is 5.17. The number of nitrogens with one attached hydrogen (secondary N) is 1. The summed E-state index contributed by atoms with van der Waals surface area (Å²) >= 11 is 0. The summed E-state index contributed by atoms with van der Waals surface area (Å²) in [6.07, 6.45) is 7.19. The quantitative estimate of drug-likeness (QED) is 0.527. The molecular formula is C23H21N5O. The molecule has 4 aromatic rings. The van der Waals surface area contributed by atoms with Gasteiger partial charge in [-0.3, -0.25) is 4.98 Å². The molecule has 3 aromatic heterocycles. The molecule has 29 heavy (non-hydrogen) atoms. The third kappa shape index (κ3) is 4.38. The molecule has 6 nitrogen and oxygen atoms in total. The van der Waals surface area contributed by atoms with Gasteiger partial charge in [0, 0.05) is 54.1 Å². The van der Waals surface area contributed by atoms with Crippen molar-refractivity contribution in [3.63, 3.8) is 0 Å². The summed E-state index contributed by atoms with van der Waals surface area (Å²) in [7, 11) is 1.60. The monoisotopic (exact) mass is 383 g/mol. The molecule has 3 heterocycles. The van der Waals surface area contributed by atoms with Crippen LogP contribution in [-0.2, 0) is 6.54 Å². The Labute approximate surface area is 169 Å². The minimum atomic E-state index is 0.564. The fourth-order valence-corrected chi connectivity index (χ4v) is 2.95. The van der Waals surface area contributed by atoms with E-state index in [-0.39, 0.29) is 0 Å². The van der Waals surface area contributed by atoms with Crippen molar-refractivity contribution in [2.24, 2.45) is 0 Å². The summed E-state index contributed by atoms with van der Waals surface area (Å²) in [5.74, 6) is 1.14. The number of hydrogen-bond donors (Lipinski definition) is 1. The molecule has 1 aromatic carbocycles. The molecule has 0 radical (unpaired) electrons. The van der Waals surface area contributed by atoms with Crippen LogP contribution in [0.5, 0.6) is 5.88 Å².